The Bertz CT molecular complexity index is 1500. The Morgan fingerprint density at radius 3 is 2.71 bits per heavy atom. The van der Waals surface area contributed by atoms with Crippen LogP contribution in [0.25, 0.3) is 33.3 Å². The molecule has 0 radical (unpaired) electrons. The minimum Gasteiger partial charge on any atom is -0.506 e. The number of imidazole rings is 1. The Balaban J connectivity index is 1.50. The van der Waals surface area contributed by atoms with Gasteiger partial charge in [0.2, 0.25) is 0 Å². The zero-order valence-corrected chi connectivity index (χ0v) is 19.4. The molecule has 3 N–H and O–H groups in total. The molecule has 8 heteroatoms. The molecule has 3 aromatic carbocycles. The average molecular weight is 540 g/mol. The Kier molecular flexibility index (Phi) is 4.83. The number of hydrogen-bond acceptors (Lipinski definition) is 4. The number of halogens is 2. The van der Waals surface area contributed by atoms with E-state index in [2.05, 4.69) is 70.7 Å². The van der Waals surface area contributed by atoms with Gasteiger partial charge in [0.05, 0.1) is 21.2 Å². The average Bonchev–Trinajstić information content (AvgIpc) is 3.36. The van der Waals surface area contributed by atoms with Gasteiger partial charge in [0.1, 0.15) is 21.8 Å². The van der Waals surface area contributed by atoms with Crippen molar-refractivity contribution < 1.29 is 10.2 Å². The molecule has 5 aromatic rings. The molecule has 0 bridgehead atoms. The quantitative estimate of drug-likeness (QED) is 0.231. The Labute approximate surface area is 194 Å². The molecule has 0 aliphatic rings. The first-order valence-electron chi connectivity index (χ1n) is 9.40. The first-order chi connectivity index (χ1) is 14.9. The maximum Gasteiger partial charge on any atom is 0.147 e. The van der Waals surface area contributed by atoms with Gasteiger partial charge in [-0.05, 0) is 73.6 Å². The second-order valence-corrected chi connectivity index (χ2v) is 8.85. The van der Waals surface area contributed by atoms with Gasteiger partial charge >= 0.3 is 0 Å². The number of phenolic OH excluding ortho intramolecular Hbond substituents is 2. The summed E-state index contributed by atoms with van der Waals surface area (Å²) in [7, 11) is 2.03. The van der Waals surface area contributed by atoms with E-state index in [-0.39, 0.29) is 16.0 Å². The summed E-state index contributed by atoms with van der Waals surface area (Å²) in [5.41, 5.74) is 5.04. The number of nitrogens with one attached hydrogen (secondary N) is 1. The molecule has 0 aliphatic carbocycles. The van der Waals surface area contributed by atoms with E-state index >= 15 is 0 Å². The van der Waals surface area contributed by atoms with Crippen LogP contribution in [-0.2, 0) is 7.05 Å². The van der Waals surface area contributed by atoms with Crippen LogP contribution >= 0.6 is 31.9 Å². The number of rotatable bonds is 3. The number of aromatic nitrogens is 3. The van der Waals surface area contributed by atoms with E-state index in [4.69, 9.17) is 4.98 Å². The number of fused-ring (bicyclic) bond motifs is 2. The molecule has 2 heterocycles. The van der Waals surface area contributed by atoms with Crippen molar-refractivity contribution in [1.82, 2.24) is 14.5 Å². The van der Waals surface area contributed by atoms with Gasteiger partial charge < -0.3 is 19.8 Å². The van der Waals surface area contributed by atoms with Crippen molar-refractivity contribution in [2.45, 2.75) is 0 Å². The van der Waals surface area contributed by atoms with Gasteiger partial charge in [-0.25, -0.2) is 4.98 Å². The second kappa shape index (κ2) is 7.55. The van der Waals surface area contributed by atoms with Gasteiger partial charge in [-0.15, -0.1) is 0 Å². The number of nitrogens with zero attached hydrogens (tertiary/aromatic N) is 3. The SMILES string of the molecule is Cn1ccc2ccc(-c3nc4cc(/N=C/c5cc(Br)c(O)c(Br)c5O)ccc4[nH]3)cc21. The van der Waals surface area contributed by atoms with Crippen LogP contribution in [0, 0.1) is 0 Å². The van der Waals surface area contributed by atoms with Gasteiger partial charge in [0.25, 0.3) is 0 Å². The van der Waals surface area contributed by atoms with Crippen molar-refractivity contribution in [2.75, 3.05) is 0 Å². The zero-order chi connectivity index (χ0) is 21.7. The molecule has 0 fully saturated rings. The zero-order valence-electron chi connectivity index (χ0n) is 16.3. The largest absolute Gasteiger partial charge is 0.506 e. The lowest BCUT2D eigenvalue weighted by molar-refractivity contribution is 0.442. The molecule has 0 saturated heterocycles. The van der Waals surface area contributed by atoms with Crippen LogP contribution in [0.5, 0.6) is 11.5 Å². The minimum atomic E-state index is -0.0800. The third kappa shape index (κ3) is 3.51. The molecule has 0 aliphatic heterocycles. The summed E-state index contributed by atoms with van der Waals surface area (Å²) in [5.74, 6) is 0.653. The van der Waals surface area contributed by atoms with E-state index in [1.54, 1.807) is 12.3 Å². The fourth-order valence-corrected chi connectivity index (χ4v) is 4.63. The number of benzene rings is 3. The maximum atomic E-state index is 10.2. The number of aliphatic imine (C=N–C) groups is 1. The number of H-pyrrole nitrogens is 1. The number of aromatic amines is 1. The van der Waals surface area contributed by atoms with Crippen molar-refractivity contribution in [3.8, 4) is 22.9 Å². The van der Waals surface area contributed by atoms with E-state index < -0.39 is 0 Å². The highest BCUT2D eigenvalue weighted by molar-refractivity contribution is 9.11. The van der Waals surface area contributed by atoms with Crippen LogP contribution in [0.15, 0.2) is 68.7 Å². The normalized spacial score (nSPS) is 11.8. The van der Waals surface area contributed by atoms with Crippen LogP contribution in [0.1, 0.15) is 5.56 Å². The van der Waals surface area contributed by atoms with Gasteiger partial charge in [-0.3, -0.25) is 4.99 Å². The Hall–Kier alpha value is -3.10. The lowest BCUT2D eigenvalue weighted by atomic mass is 10.1. The highest BCUT2D eigenvalue weighted by Crippen LogP contribution is 2.40. The van der Waals surface area contributed by atoms with E-state index in [0.717, 1.165) is 27.9 Å². The molecule has 31 heavy (non-hydrogen) atoms. The molecule has 5 rings (SSSR count). The number of hydrogen-bond donors (Lipinski definition) is 3. The van der Waals surface area contributed by atoms with E-state index in [0.29, 0.717) is 15.7 Å². The summed E-state index contributed by atoms with van der Waals surface area (Å²) in [4.78, 5) is 12.6. The third-order valence-electron chi connectivity index (χ3n) is 5.18. The molecule has 0 amide bonds. The number of aromatic hydroxyl groups is 2. The van der Waals surface area contributed by atoms with Gasteiger partial charge in [-0.1, -0.05) is 12.1 Å². The summed E-state index contributed by atoms with van der Waals surface area (Å²) in [6, 6.07) is 15.7. The lowest BCUT2D eigenvalue weighted by Crippen LogP contribution is -1.86. The molecule has 0 saturated carbocycles. The third-order valence-corrected chi connectivity index (χ3v) is 6.53. The second-order valence-electron chi connectivity index (χ2n) is 7.20. The maximum absolute atomic E-state index is 10.2. The van der Waals surface area contributed by atoms with Crippen molar-refractivity contribution in [2.24, 2.45) is 12.0 Å². The summed E-state index contributed by atoms with van der Waals surface area (Å²) < 4.78 is 2.76. The highest BCUT2D eigenvalue weighted by atomic mass is 79.9. The van der Waals surface area contributed by atoms with Gasteiger partial charge in [-0.2, -0.15) is 0 Å². The van der Waals surface area contributed by atoms with E-state index in [1.807, 2.05) is 31.4 Å². The summed E-state index contributed by atoms with van der Waals surface area (Å²) in [6.07, 6.45) is 3.59. The minimum absolute atomic E-state index is 0.0614. The van der Waals surface area contributed by atoms with Gasteiger partial charge in [0, 0.05) is 36.1 Å². The molecule has 154 valence electrons. The molecule has 0 atom stereocenters. The molecule has 6 nitrogen and oxygen atoms in total. The summed E-state index contributed by atoms with van der Waals surface area (Å²) in [6.45, 7) is 0. The van der Waals surface area contributed by atoms with E-state index in [9.17, 15) is 10.2 Å². The van der Waals surface area contributed by atoms with Crippen LogP contribution in [0.4, 0.5) is 5.69 Å². The first kappa shape index (κ1) is 19.8. The van der Waals surface area contributed by atoms with Crippen LogP contribution in [-0.4, -0.2) is 31.0 Å². The molecule has 2 aromatic heterocycles. The predicted octanol–water partition coefficient (Wildman–Crippen LogP) is 6.41. The Morgan fingerprint density at radius 2 is 1.87 bits per heavy atom. The van der Waals surface area contributed by atoms with E-state index in [1.165, 1.54) is 5.39 Å². The van der Waals surface area contributed by atoms with Crippen LogP contribution in [0.3, 0.4) is 0 Å². The van der Waals surface area contributed by atoms with Crippen molar-refractivity contribution >= 4 is 65.7 Å². The fourth-order valence-electron chi connectivity index (χ4n) is 3.48. The first-order valence-corrected chi connectivity index (χ1v) is 11.0. The van der Waals surface area contributed by atoms with Crippen molar-refractivity contribution in [3.05, 3.63) is 69.2 Å². The molecular formula is C23H16Br2N4O2. The fraction of sp³-hybridized carbons (Fsp3) is 0.0435. The summed E-state index contributed by atoms with van der Waals surface area (Å²) in [5, 5.41) is 21.3. The monoisotopic (exact) mass is 538 g/mol. The Morgan fingerprint density at radius 1 is 1.03 bits per heavy atom. The topological polar surface area (TPSA) is 86.4 Å². The molecule has 0 unspecified atom stereocenters. The number of phenols is 2. The smallest absolute Gasteiger partial charge is 0.147 e. The van der Waals surface area contributed by atoms with Crippen LogP contribution in [0.2, 0.25) is 0 Å². The van der Waals surface area contributed by atoms with Crippen molar-refractivity contribution in [3.63, 3.8) is 0 Å². The lowest BCUT2D eigenvalue weighted by Gasteiger charge is -2.06. The van der Waals surface area contributed by atoms with Gasteiger partial charge in [0.15, 0.2) is 0 Å². The number of aryl methyl sites for hydroxylation is 1. The standard InChI is InChI=1S/C23H16Br2N4O2/c1-29-7-6-12-2-3-13(9-19(12)29)23-27-17-5-4-15(10-18(17)28-23)26-11-14-8-16(24)22(31)20(25)21(14)30/h2-11,30-31H,1H3,(H,27,28)/b26-11+. The molecular weight excluding hydrogens is 524 g/mol. The van der Waals surface area contributed by atoms with Crippen LogP contribution < -0.4 is 0 Å². The van der Waals surface area contributed by atoms with Crippen molar-refractivity contribution in [1.29, 1.82) is 0 Å². The molecule has 0 spiro atoms. The predicted molar refractivity (Wildman–Crippen MR) is 130 cm³/mol. The summed E-state index contributed by atoms with van der Waals surface area (Å²) >= 11 is 6.44. The highest BCUT2D eigenvalue weighted by Gasteiger charge is 2.13.